The molecule has 5 rings (SSSR count). The lowest BCUT2D eigenvalue weighted by Crippen LogP contribution is -2.35. The molecule has 5 heteroatoms. The largest absolute Gasteiger partial charge is 0.424 e. The number of carbonyl (C=O) groups is 1. The van der Waals surface area contributed by atoms with E-state index in [2.05, 4.69) is 15.1 Å². The van der Waals surface area contributed by atoms with Crippen LogP contribution in [0.1, 0.15) is 69.1 Å². The Hall–Kier alpha value is -1.39. The van der Waals surface area contributed by atoms with E-state index >= 15 is 0 Å². The second kappa shape index (κ2) is 4.56. The summed E-state index contributed by atoms with van der Waals surface area (Å²) in [6, 6.07) is 0. The highest BCUT2D eigenvalue weighted by atomic mass is 16.4. The van der Waals surface area contributed by atoms with E-state index in [-0.39, 0.29) is 5.41 Å². The lowest BCUT2D eigenvalue weighted by Gasteiger charge is -2.24. The van der Waals surface area contributed by atoms with E-state index < -0.39 is 0 Å². The third kappa shape index (κ3) is 2.01. The first kappa shape index (κ1) is 13.1. The SMILES string of the molecule is O=C(CC1CC1)N1C[C@@H]2CCC[C@]2(c2nnc(C3CC3)o2)C1. The van der Waals surface area contributed by atoms with Gasteiger partial charge >= 0.3 is 0 Å². The highest BCUT2D eigenvalue weighted by molar-refractivity contribution is 5.77. The standard InChI is InChI=1S/C17H23N3O2/c21-14(8-11-3-4-11)20-9-13-2-1-7-17(13,10-20)16-19-18-15(22-16)12-5-6-12/h11-13H,1-10H2/t13-,17-/m0/s1. The van der Waals surface area contributed by atoms with E-state index in [0.29, 0.717) is 23.7 Å². The number of aromatic nitrogens is 2. The van der Waals surface area contributed by atoms with Crippen molar-refractivity contribution in [2.75, 3.05) is 13.1 Å². The molecular weight excluding hydrogens is 278 g/mol. The number of nitrogens with zero attached hydrogens (tertiary/aromatic N) is 3. The minimum absolute atomic E-state index is 0.0423. The molecule has 0 radical (unpaired) electrons. The fourth-order valence-corrected chi connectivity index (χ4v) is 4.46. The number of amides is 1. The second-order valence-electron chi connectivity index (χ2n) is 7.89. The van der Waals surface area contributed by atoms with E-state index in [0.717, 1.165) is 37.7 Å². The van der Waals surface area contributed by atoms with Crippen LogP contribution in [0.5, 0.6) is 0 Å². The minimum atomic E-state index is -0.0423. The number of hydrogen-bond acceptors (Lipinski definition) is 4. The summed E-state index contributed by atoms with van der Waals surface area (Å²) in [7, 11) is 0. The van der Waals surface area contributed by atoms with Crippen LogP contribution in [0.3, 0.4) is 0 Å². The van der Waals surface area contributed by atoms with Crippen molar-refractivity contribution in [2.24, 2.45) is 11.8 Å². The van der Waals surface area contributed by atoms with Gasteiger partial charge in [-0.15, -0.1) is 10.2 Å². The zero-order valence-corrected chi connectivity index (χ0v) is 13.0. The molecule has 1 aliphatic heterocycles. The Labute approximate surface area is 130 Å². The smallest absolute Gasteiger partial charge is 0.224 e. The molecule has 4 aliphatic rings. The number of fused-ring (bicyclic) bond motifs is 1. The van der Waals surface area contributed by atoms with E-state index in [1.54, 1.807) is 0 Å². The zero-order chi connectivity index (χ0) is 14.7. The Morgan fingerprint density at radius 2 is 2.09 bits per heavy atom. The predicted molar refractivity (Wildman–Crippen MR) is 79.2 cm³/mol. The van der Waals surface area contributed by atoms with Gasteiger partial charge in [0, 0.05) is 25.4 Å². The fourth-order valence-electron chi connectivity index (χ4n) is 4.46. The van der Waals surface area contributed by atoms with E-state index in [4.69, 9.17) is 4.42 Å². The molecule has 4 fully saturated rings. The van der Waals surface area contributed by atoms with Crippen molar-refractivity contribution < 1.29 is 9.21 Å². The van der Waals surface area contributed by atoms with Gasteiger partial charge in [-0.1, -0.05) is 6.42 Å². The molecule has 22 heavy (non-hydrogen) atoms. The van der Waals surface area contributed by atoms with Crippen LogP contribution in [-0.4, -0.2) is 34.1 Å². The summed E-state index contributed by atoms with van der Waals surface area (Å²) in [6.07, 6.45) is 9.10. The first-order chi connectivity index (χ1) is 10.7. The van der Waals surface area contributed by atoms with Crippen LogP contribution in [0.2, 0.25) is 0 Å². The summed E-state index contributed by atoms with van der Waals surface area (Å²) in [6.45, 7) is 1.70. The first-order valence-corrected chi connectivity index (χ1v) is 8.86. The number of likely N-dealkylation sites (tertiary alicyclic amines) is 1. The van der Waals surface area contributed by atoms with Gasteiger partial charge in [0.05, 0.1) is 5.41 Å². The molecule has 118 valence electrons. The summed E-state index contributed by atoms with van der Waals surface area (Å²) in [4.78, 5) is 14.6. The Morgan fingerprint density at radius 3 is 2.86 bits per heavy atom. The van der Waals surface area contributed by atoms with E-state index in [9.17, 15) is 4.79 Å². The summed E-state index contributed by atoms with van der Waals surface area (Å²) in [5, 5.41) is 8.69. The summed E-state index contributed by atoms with van der Waals surface area (Å²) >= 11 is 0. The average Bonchev–Trinajstić information content (AvgIpc) is 3.38. The Kier molecular flexibility index (Phi) is 2.71. The highest BCUT2D eigenvalue weighted by Crippen LogP contribution is 2.51. The molecule has 0 unspecified atom stereocenters. The Bertz CT molecular complexity index is 605. The second-order valence-corrected chi connectivity index (χ2v) is 7.89. The molecule has 1 aromatic heterocycles. The topological polar surface area (TPSA) is 59.2 Å². The third-order valence-corrected chi connectivity index (χ3v) is 6.18. The number of rotatable bonds is 4. The van der Waals surface area contributed by atoms with Crippen molar-refractivity contribution in [1.82, 2.24) is 15.1 Å². The van der Waals surface area contributed by atoms with Crippen molar-refractivity contribution in [1.29, 1.82) is 0 Å². The molecule has 2 heterocycles. The van der Waals surface area contributed by atoms with Crippen LogP contribution in [0, 0.1) is 11.8 Å². The zero-order valence-electron chi connectivity index (χ0n) is 13.0. The molecular formula is C17H23N3O2. The molecule has 5 nitrogen and oxygen atoms in total. The summed E-state index contributed by atoms with van der Waals surface area (Å²) in [5.41, 5.74) is -0.0423. The van der Waals surface area contributed by atoms with Crippen molar-refractivity contribution >= 4 is 5.91 Å². The van der Waals surface area contributed by atoms with Crippen molar-refractivity contribution in [3.05, 3.63) is 11.8 Å². The molecule has 0 aromatic carbocycles. The average molecular weight is 301 g/mol. The van der Waals surface area contributed by atoms with Gasteiger partial charge in [-0.3, -0.25) is 4.79 Å². The number of carbonyl (C=O) groups excluding carboxylic acids is 1. The summed E-state index contributed by atoms with van der Waals surface area (Å²) in [5.74, 6) is 3.68. The molecule has 3 saturated carbocycles. The van der Waals surface area contributed by atoms with Gasteiger partial charge in [-0.2, -0.15) is 0 Å². The lowest BCUT2D eigenvalue weighted by atomic mass is 9.80. The lowest BCUT2D eigenvalue weighted by molar-refractivity contribution is -0.130. The van der Waals surface area contributed by atoms with Gasteiger partial charge in [0.15, 0.2) is 0 Å². The molecule has 2 atom stereocenters. The van der Waals surface area contributed by atoms with E-state index in [1.807, 2.05) is 0 Å². The molecule has 3 aliphatic carbocycles. The predicted octanol–water partition coefficient (Wildman–Crippen LogP) is 2.63. The molecule has 0 bridgehead atoms. The normalized spacial score (nSPS) is 34.2. The molecule has 1 amide bonds. The van der Waals surface area contributed by atoms with Gasteiger partial charge in [0.1, 0.15) is 0 Å². The van der Waals surface area contributed by atoms with Gasteiger partial charge in [-0.05, 0) is 50.4 Å². The Morgan fingerprint density at radius 1 is 1.23 bits per heavy atom. The molecule has 1 saturated heterocycles. The maximum atomic E-state index is 12.5. The van der Waals surface area contributed by atoms with Crippen LogP contribution in [-0.2, 0) is 10.2 Å². The highest BCUT2D eigenvalue weighted by Gasteiger charge is 2.55. The van der Waals surface area contributed by atoms with Gasteiger partial charge in [0.2, 0.25) is 17.7 Å². The third-order valence-electron chi connectivity index (χ3n) is 6.18. The monoisotopic (exact) mass is 301 g/mol. The Balaban J connectivity index is 1.39. The van der Waals surface area contributed by atoms with Gasteiger partial charge in [0.25, 0.3) is 0 Å². The van der Waals surface area contributed by atoms with Crippen LogP contribution in [0.25, 0.3) is 0 Å². The van der Waals surface area contributed by atoms with Crippen LogP contribution in [0.15, 0.2) is 4.42 Å². The van der Waals surface area contributed by atoms with Gasteiger partial charge < -0.3 is 9.32 Å². The quantitative estimate of drug-likeness (QED) is 0.858. The number of hydrogen-bond donors (Lipinski definition) is 0. The fraction of sp³-hybridized carbons (Fsp3) is 0.824. The maximum Gasteiger partial charge on any atom is 0.224 e. The van der Waals surface area contributed by atoms with Crippen LogP contribution < -0.4 is 0 Å². The summed E-state index contributed by atoms with van der Waals surface area (Å²) < 4.78 is 6.06. The molecule has 0 spiro atoms. The minimum Gasteiger partial charge on any atom is -0.424 e. The van der Waals surface area contributed by atoms with Crippen molar-refractivity contribution in [3.8, 4) is 0 Å². The van der Waals surface area contributed by atoms with Crippen molar-refractivity contribution in [2.45, 2.75) is 62.7 Å². The van der Waals surface area contributed by atoms with Crippen LogP contribution >= 0.6 is 0 Å². The van der Waals surface area contributed by atoms with Crippen molar-refractivity contribution in [3.63, 3.8) is 0 Å². The molecule has 0 N–H and O–H groups in total. The van der Waals surface area contributed by atoms with Gasteiger partial charge in [-0.25, -0.2) is 0 Å². The first-order valence-electron chi connectivity index (χ1n) is 8.86. The van der Waals surface area contributed by atoms with Crippen LogP contribution in [0.4, 0.5) is 0 Å². The van der Waals surface area contributed by atoms with E-state index in [1.165, 1.54) is 38.5 Å². The maximum absolute atomic E-state index is 12.5. The molecule has 1 aromatic rings.